The SMILES string of the molecule is COc1cccc(N(CC(=O)N(Cc2c(Cl)cccc2Cl)[C@@H](Cc2ccccc2)C(=O)NC2CCCC2)S(=O)(=O)c2ccc(C)cc2)c1. The number of nitrogens with zero attached hydrogens (tertiary/aromatic N) is 2. The molecule has 8 nitrogen and oxygen atoms in total. The second-order valence-electron chi connectivity index (χ2n) is 11.9. The standard InChI is InChI=1S/C37H39Cl2N3O5S/c1-26-18-20-31(21-19-26)48(45,46)42(29-14-8-15-30(23-29)47-2)25-36(43)41(24-32-33(38)16-9-17-34(32)39)35(22-27-10-4-3-5-11-27)37(44)40-28-12-6-7-13-28/h3-5,8-11,14-21,23,28,35H,6-7,12-13,22,24-25H2,1-2H3,(H,40,44)/t35-/m0/s1. The molecule has 0 bridgehead atoms. The molecule has 2 amide bonds. The van der Waals surface area contributed by atoms with Crippen molar-refractivity contribution in [1.82, 2.24) is 10.2 Å². The lowest BCUT2D eigenvalue weighted by molar-refractivity contribution is -0.140. The van der Waals surface area contributed by atoms with Gasteiger partial charge in [-0.2, -0.15) is 0 Å². The minimum Gasteiger partial charge on any atom is -0.497 e. The fourth-order valence-corrected chi connectivity index (χ4v) is 7.83. The Morgan fingerprint density at radius 1 is 0.896 bits per heavy atom. The maximum absolute atomic E-state index is 14.7. The average Bonchev–Trinajstić information content (AvgIpc) is 3.60. The molecule has 0 spiro atoms. The van der Waals surface area contributed by atoms with E-state index in [1.54, 1.807) is 54.6 Å². The number of hydrogen-bond donors (Lipinski definition) is 1. The molecule has 1 atom stereocenters. The third kappa shape index (κ3) is 8.50. The quantitative estimate of drug-likeness (QED) is 0.159. The van der Waals surface area contributed by atoms with Crippen LogP contribution in [-0.2, 0) is 32.6 Å². The molecule has 1 fully saturated rings. The van der Waals surface area contributed by atoms with E-state index in [0.717, 1.165) is 41.1 Å². The summed E-state index contributed by atoms with van der Waals surface area (Å²) < 4.78 is 35.0. The van der Waals surface area contributed by atoms with E-state index in [2.05, 4.69) is 5.32 Å². The Balaban J connectivity index is 1.60. The molecule has 252 valence electrons. The number of benzene rings is 4. The monoisotopic (exact) mass is 707 g/mol. The predicted octanol–water partition coefficient (Wildman–Crippen LogP) is 7.20. The first-order valence-electron chi connectivity index (χ1n) is 15.9. The first-order valence-corrected chi connectivity index (χ1v) is 18.1. The third-order valence-corrected chi connectivity index (χ3v) is 11.1. The molecular formula is C37H39Cl2N3O5S. The molecule has 0 radical (unpaired) electrons. The Hall–Kier alpha value is -4.05. The van der Waals surface area contributed by atoms with Crippen LogP contribution in [0.3, 0.4) is 0 Å². The predicted molar refractivity (Wildman–Crippen MR) is 190 cm³/mol. The average molecular weight is 709 g/mol. The highest BCUT2D eigenvalue weighted by Crippen LogP contribution is 2.30. The molecule has 1 aliphatic carbocycles. The first kappa shape index (κ1) is 35.3. The van der Waals surface area contributed by atoms with Gasteiger partial charge in [-0.25, -0.2) is 8.42 Å². The normalized spacial score (nSPS) is 13.9. The van der Waals surface area contributed by atoms with E-state index >= 15 is 0 Å². The van der Waals surface area contributed by atoms with Crippen LogP contribution >= 0.6 is 23.2 Å². The number of methoxy groups -OCH3 is 1. The maximum atomic E-state index is 14.7. The van der Waals surface area contributed by atoms with Crippen LogP contribution < -0.4 is 14.4 Å². The molecule has 1 saturated carbocycles. The molecule has 0 saturated heterocycles. The maximum Gasteiger partial charge on any atom is 0.264 e. The van der Waals surface area contributed by atoms with Crippen molar-refractivity contribution >= 4 is 50.7 Å². The van der Waals surface area contributed by atoms with Gasteiger partial charge in [0.2, 0.25) is 11.8 Å². The molecule has 48 heavy (non-hydrogen) atoms. The summed E-state index contributed by atoms with van der Waals surface area (Å²) >= 11 is 13.2. The minimum atomic E-state index is -4.26. The lowest BCUT2D eigenvalue weighted by Gasteiger charge is -2.34. The lowest BCUT2D eigenvalue weighted by Crippen LogP contribution is -2.54. The summed E-state index contributed by atoms with van der Waals surface area (Å²) in [6.45, 7) is 1.14. The van der Waals surface area contributed by atoms with Crippen molar-refractivity contribution < 1.29 is 22.7 Å². The summed E-state index contributed by atoms with van der Waals surface area (Å²) in [6.07, 6.45) is 3.92. The van der Waals surface area contributed by atoms with Gasteiger partial charge in [-0.3, -0.25) is 13.9 Å². The van der Waals surface area contributed by atoms with Gasteiger partial charge in [-0.05, 0) is 61.7 Å². The fourth-order valence-electron chi connectivity index (χ4n) is 5.91. The zero-order valence-corrected chi connectivity index (χ0v) is 29.3. The van der Waals surface area contributed by atoms with Crippen LogP contribution in [0.15, 0.2) is 102 Å². The van der Waals surface area contributed by atoms with E-state index in [9.17, 15) is 18.0 Å². The van der Waals surface area contributed by atoms with Crippen LogP contribution in [0.2, 0.25) is 10.0 Å². The van der Waals surface area contributed by atoms with Crippen LogP contribution in [0.4, 0.5) is 5.69 Å². The number of amides is 2. The summed E-state index contributed by atoms with van der Waals surface area (Å²) in [4.78, 5) is 30.3. The van der Waals surface area contributed by atoms with Gasteiger partial charge in [0.05, 0.1) is 17.7 Å². The first-order chi connectivity index (χ1) is 23.1. The van der Waals surface area contributed by atoms with Crippen molar-refractivity contribution in [2.75, 3.05) is 18.0 Å². The van der Waals surface area contributed by atoms with Crippen LogP contribution in [-0.4, -0.2) is 50.9 Å². The highest BCUT2D eigenvalue weighted by Gasteiger charge is 2.36. The van der Waals surface area contributed by atoms with Crippen molar-refractivity contribution in [2.45, 2.75) is 62.6 Å². The van der Waals surface area contributed by atoms with Crippen molar-refractivity contribution in [3.63, 3.8) is 0 Å². The highest BCUT2D eigenvalue weighted by molar-refractivity contribution is 7.92. The Labute approximate surface area is 292 Å². The van der Waals surface area contributed by atoms with Crippen LogP contribution in [0, 0.1) is 6.92 Å². The summed E-state index contributed by atoms with van der Waals surface area (Å²) in [5, 5.41) is 3.82. The van der Waals surface area contributed by atoms with Crippen LogP contribution in [0.1, 0.15) is 42.4 Å². The molecule has 11 heteroatoms. The molecule has 0 aromatic heterocycles. The van der Waals surface area contributed by atoms with Crippen molar-refractivity contribution in [3.8, 4) is 5.75 Å². The zero-order chi connectivity index (χ0) is 34.3. The molecule has 0 heterocycles. The Morgan fingerprint density at radius 2 is 1.54 bits per heavy atom. The summed E-state index contributed by atoms with van der Waals surface area (Å²) in [5.41, 5.74) is 2.41. The number of halogens is 2. The molecule has 5 rings (SSSR count). The molecule has 1 aliphatic rings. The molecule has 1 N–H and O–H groups in total. The van der Waals surface area contributed by atoms with Gasteiger partial charge in [0.25, 0.3) is 10.0 Å². The number of carbonyl (C=O) groups is 2. The molecule has 4 aromatic carbocycles. The van der Waals surface area contributed by atoms with Crippen molar-refractivity contribution in [2.24, 2.45) is 0 Å². The summed E-state index contributed by atoms with van der Waals surface area (Å²) in [5.74, 6) is -0.509. The molecular weight excluding hydrogens is 669 g/mol. The summed E-state index contributed by atoms with van der Waals surface area (Å²) in [6, 6.07) is 26.4. The van der Waals surface area contributed by atoms with Crippen LogP contribution in [0.5, 0.6) is 5.75 Å². The van der Waals surface area contributed by atoms with Gasteiger partial charge in [0, 0.05) is 40.7 Å². The molecule has 0 aliphatic heterocycles. The lowest BCUT2D eigenvalue weighted by atomic mass is 10.0. The topological polar surface area (TPSA) is 96.0 Å². The smallest absolute Gasteiger partial charge is 0.264 e. The van der Waals surface area contributed by atoms with Crippen molar-refractivity contribution in [3.05, 3.63) is 124 Å². The Kier molecular flexibility index (Phi) is 11.7. The van der Waals surface area contributed by atoms with E-state index in [0.29, 0.717) is 21.4 Å². The van der Waals surface area contributed by atoms with Crippen molar-refractivity contribution in [1.29, 1.82) is 0 Å². The van der Waals surface area contributed by atoms with Gasteiger partial charge in [-0.1, -0.05) is 96.2 Å². The van der Waals surface area contributed by atoms with Gasteiger partial charge >= 0.3 is 0 Å². The largest absolute Gasteiger partial charge is 0.497 e. The van der Waals surface area contributed by atoms with Gasteiger partial charge in [0.1, 0.15) is 18.3 Å². The number of rotatable bonds is 13. The number of anilines is 1. The highest BCUT2D eigenvalue weighted by atomic mass is 35.5. The van der Waals surface area contributed by atoms with E-state index in [1.807, 2.05) is 37.3 Å². The number of nitrogens with one attached hydrogen (secondary N) is 1. The zero-order valence-electron chi connectivity index (χ0n) is 26.9. The van der Waals surface area contributed by atoms with E-state index in [-0.39, 0.29) is 35.5 Å². The van der Waals surface area contributed by atoms with E-state index in [1.165, 1.54) is 24.1 Å². The third-order valence-electron chi connectivity index (χ3n) is 8.59. The second kappa shape index (κ2) is 15.9. The van der Waals surface area contributed by atoms with Crippen LogP contribution in [0.25, 0.3) is 0 Å². The second-order valence-corrected chi connectivity index (χ2v) is 14.6. The number of carbonyl (C=O) groups excluding carboxylic acids is 2. The fraction of sp³-hybridized carbons (Fsp3) is 0.297. The number of sulfonamides is 1. The molecule has 4 aromatic rings. The number of aryl methyl sites for hydroxylation is 1. The molecule has 0 unspecified atom stereocenters. The number of ether oxygens (including phenoxy) is 1. The van der Waals surface area contributed by atoms with Gasteiger partial charge in [-0.15, -0.1) is 0 Å². The van der Waals surface area contributed by atoms with E-state index in [4.69, 9.17) is 27.9 Å². The van der Waals surface area contributed by atoms with E-state index < -0.39 is 28.5 Å². The Morgan fingerprint density at radius 3 is 2.19 bits per heavy atom. The number of hydrogen-bond acceptors (Lipinski definition) is 5. The Bertz CT molecular complexity index is 1810. The minimum absolute atomic E-state index is 0.00757. The summed E-state index contributed by atoms with van der Waals surface area (Å²) in [7, 11) is -2.78. The van der Waals surface area contributed by atoms with Gasteiger partial charge < -0.3 is 15.0 Å². The van der Waals surface area contributed by atoms with Gasteiger partial charge in [0.15, 0.2) is 0 Å².